The summed E-state index contributed by atoms with van der Waals surface area (Å²) < 4.78 is 0. The molecule has 1 amide bonds. The first-order chi connectivity index (χ1) is 9.11. The predicted octanol–water partition coefficient (Wildman–Crippen LogP) is 1.64. The second-order valence-corrected chi connectivity index (χ2v) is 4.67. The third-order valence-corrected chi connectivity index (χ3v) is 3.32. The van der Waals surface area contributed by atoms with Crippen LogP contribution in [0.4, 0.5) is 5.69 Å². The molecule has 0 fully saturated rings. The summed E-state index contributed by atoms with van der Waals surface area (Å²) in [5.41, 5.74) is 2.69. The van der Waals surface area contributed by atoms with Crippen LogP contribution in [0.5, 0.6) is 0 Å². The average molecular weight is 262 g/mol. The molecule has 3 N–H and O–H groups in total. The number of carboxylic acids is 1. The smallest absolute Gasteiger partial charge is 0.326 e. The molecule has 5 heteroatoms. The first-order valence-electron chi connectivity index (χ1n) is 6.52. The lowest BCUT2D eigenvalue weighted by Gasteiger charge is -2.19. The number of hydrogen-bond donors (Lipinski definition) is 3. The molecular formula is C14H18N2O3. The van der Waals surface area contributed by atoms with E-state index in [9.17, 15) is 9.59 Å². The van der Waals surface area contributed by atoms with Gasteiger partial charge in [-0.1, -0.05) is 6.92 Å². The molecule has 0 spiro atoms. The van der Waals surface area contributed by atoms with Crippen LogP contribution in [0.15, 0.2) is 18.2 Å². The molecule has 102 valence electrons. The van der Waals surface area contributed by atoms with Gasteiger partial charge in [0.05, 0.1) is 0 Å². The van der Waals surface area contributed by atoms with Gasteiger partial charge in [-0.05, 0) is 43.0 Å². The zero-order valence-corrected chi connectivity index (χ0v) is 10.9. The van der Waals surface area contributed by atoms with E-state index in [1.165, 1.54) is 0 Å². The van der Waals surface area contributed by atoms with E-state index in [0.717, 1.165) is 30.6 Å². The van der Waals surface area contributed by atoms with E-state index in [-0.39, 0.29) is 5.91 Å². The van der Waals surface area contributed by atoms with Crippen LogP contribution < -0.4 is 10.6 Å². The van der Waals surface area contributed by atoms with Crippen LogP contribution >= 0.6 is 0 Å². The van der Waals surface area contributed by atoms with E-state index in [2.05, 4.69) is 10.6 Å². The maximum absolute atomic E-state index is 12.0. The molecule has 0 aliphatic carbocycles. The Morgan fingerprint density at radius 3 is 2.95 bits per heavy atom. The third kappa shape index (κ3) is 3.05. The second kappa shape index (κ2) is 5.73. The topological polar surface area (TPSA) is 78.4 Å². The number of carbonyl (C=O) groups excluding carboxylic acids is 1. The summed E-state index contributed by atoms with van der Waals surface area (Å²) in [6.07, 6.45) is 2.36. The molecule has 1 heterocycles. The average Bonchev–Trinajstić information content (AvgIpc) is 2.43. The summed E-state index contributed by atoms with van der Waals surface area (Å²) in [4.78, 5) is 22.9. The molecular weight excluding hydrogens is 244 g/mol. The van der Waals surface area contributed by atoms with Gasteiger partial charge >= 0.3 is 5.97 Å². The number of fused-ring (bicyclic) bond motifs is 1. The highest BCUT2D eigenvalue weighted by Gasteiger charge is 2.19. The molecule has 1 aromatic carbocycles. The lowest BCUT2D eigenvalue weighted by Crippen LogP contribution is -2.40. The van der Waals surface area contributed by atoms with Gasteiger partial charge in [-0.3, -0.25) is 4.79 Å². The highest BCUT2D eigenvalue weighted by molar-refractivity contribution is 5.97. The van der Waals surface area contributed by atoms with Gasteiger partial charge < -0.3 is 15.7 Å². The lowest BCUT2D eigenvalue weighted by atomic mass is 10.0. The number of aliphatic carboxylic acids is 1. The van der Waals surface area contributed by atoms with Gasteiger partial charge in [0, 0.05) is 17.8 Å². The van der Waals surface area contributed by atoms with Crippen LogP contribution in [-0.4, -0.2) is 29.6 Å². The highest BCUT2D eigenvalue weighted by Crippen LogP contribution is 2.22. The largest absolute Gasteiger partial charge is 0.480 e. The van der Waals surface area contributed by atoms with Crippen molar-refractivity contribution in [3.05, 3.63) is 29.3 Å². The standard InChI is InChI=1S/C14H18N2O3/c1-2-11(14(18)19)16-13(17)10-5-6-12-9(8-10)4-3-7-15-12/h5-6,8,11,15H,2-4,7H2,1H3,(H,16,17)(H,18,19). The lowest BCUT2D eigenvalue weighted by molar-refractivity contribution is -0.139. The number of amides is 1. The van der Waals surface area contributed by atoms with Crippen molar-refractivity contribution in [1.82, 2.24) is 5.32 Å². The van der Waals surface area contributed by atoms with Gasteiger partial charge in [-0.25, -0.2) is 4.79 Å². The second-order valence-electron chi connectivity index (χ2n) is 4.67. The summed E-state index contributed by atoms with van der Waals surface area (Å²) in [7, 11) is 0. The Kier molecular flexibility index (Phi) is 4.04. The number of carbonyl (C=O) groups is 2. The Bertz CT molecular complexity index is 499. The molecule has 0 bridgehead atoms. The van der Waals surface area contributed by atoms with E-state index >= 15 is 0 Å². The number of rotatable bonds is 4. The van der Waals surface area contributed by atoms with Crippen molar-refractivity contribution in [2.45, 2.75) is 32.2 Å². The maximum atomic E-state index is 12.0. The van der Waals surface area contributed by atoms with Crippen LogP contribution in [0.2, 0.25) is 0 Å². The van der Waals surface area contributed by atoms with Crippen molar-refractivity contribution < 1.29 is 14.7 Å². The minimum absolute atomic E-state index is 0.331. The first kappa shape index (κ1) is 13.4. The van der Waals surface area contributed by atoms with Gasteiger partial charge in [0.15, 0.2) is 0 Å². The first-order valence-corrected chi connectivity index (χ1v) is 6.52. The minimum Gasteiger partial charge on any atom is -0.480 e. The van der Waals surface area contributed by atoms with Crippen LogP contribution in [0, 0.1) is 0 Å². The van der Waals surface area contributed by atoms with Crippen molar-refractivity contribution in [2.75, 3.05) is 11.9 Å². The molecule has 0 radical (unpaired) electrons. The van der Waals surface area contributed by atoms with Crippen LogP contribution in [0.1, 0.15) is 35.7 Å². The fourth-order valence-corrected chi connectivity index (χ4v) is 2.20. The van der Waals surface area contributed by atoms with Gasteiger partial charge in [0.25, 0.3) is 5.91 Å². The van der Waals surface area contributed by atoms with Crippen molar-refractivity contribution in [1.29, 1.82) is 0 Å². The number of anilines is 1. The Morgan fingerprint density at radius 2 is 2.26 bits per heavy atom. The molecule has 1 aliphatic rings. The molecule has 0 saturated carbocycles. The van der Waals surface area contributed by atoms with E-state index in [1.807, 2.05) is 12.1 Å². The summed E-state index contributed by atoms with van der Waals surface area (Å²) in [5, 5.41) is 14.7. The molecule has 0 aromatic heterocycles. The zero-order chi connectivity index (χ0) is 13.8. The van der Waals surface area contributed by atoms with E-state index in [4.69, 9.17) is 5.11 Å². The van der Waals surface area contributed by atoms with Crippen molar-refractivity contribution in [3.8, 4) is 0 Å². The Balaban J connectivity index is 2.13. The molecule has 2 rings (SSSR count). The van der Waals surface area contributed by atoms with Crippen molar-refractivity contribution in [2.24, 2.45) is 0 Å². The third-order valence-electron chi connectivity index (χ3n) is 3.32. The predicted molar refractivity (Wildman–Crippen MR) is 72.4 cm³/mol. The van der Waals surface area contributed by atoms with E-state index in [0.29, 0.717) is 12.0 Å². The summed E-state index contributed by atoms with van der Waals surface area (Å²) in [5.74, 6) is -1.34. The highest BCUT2D eigenvalue weighted by atomic mass is 16.4. The molecule has 1 atom stereocenters. The number of carboxylic acid groups (broad SMARTS) is 1. The molecule has 0 saturated heterocycles. The summed E-state index contributed by atoms with van der Waals surface area (Å²) in [6, 6.07) is 4.61. The Hall–Kier alpha value is -2.04. The maximum Gasteiger partial charge on any atom is 0.326 e. The quantitative estimate of drug-likeness (QED) is 0.770. The number of hydrogen-bond acceptors (Lipinski definition) is 3. The van der Waals surface area contributed by atoms with E-state index < -0.39 is 12.0 Å². The van der Waals surface area contributed by atoms with Crippen molar-refractivity contribution >= 4 is 17.6 Å². The molecule has 19 heavy (non-hydrogen) atoms. The normalized spacial score (nSPS) is 15.0. The van der Waals surface area contributed by atoms with Crippen LogP contribution in [0.25, 0.3) is 0 Å². The van der Waals surface area contributed by atoms with Gasteiger partial charge in [-0.2, -0.15) is 0 Å². The number of nitrogens with one attached hydrogen (secondary N) is 2. The zero-order valence-electron chi connectivity index (χ0n) is 10.9. The van der Waals surface area contributed by atoms with Gasteiger partial charge in [-0.15, -0.1) is 0 Å². The number of aryl methyl sites for hydroxylation is 1. The Labute approximate surface area is 112 Å². The Morgan fingerprint density at radius 1 is 1.47 bits per heavy atom. The molecule has 1 aliphatic heterocycles. The van der Waals surface area contributed by atoms with E-state index in [1.54, 1.807) is 13.0 Å². The molecule has 1 aromatic rings. The molecule has 1 unspecified atom stereocenters. The summed E-state index contributed by atoms with van der Waals surface area (Å²) >= 11 is 0. The number of benzene rings is 1. The minimum atomic E-state index is -1.00. The SMILES string of the molecule is CCC(NC(=O)c1ccc2c(c1)CCCN2)C(=O)O. The fourth-order valence-electron chi connectivity index (χ4n) is 2.20. The summed E-state index contributed by atoms with van der Waals surface area (Å²) in [6.45, 7) is 2.69. The molecule has 5 nitrogen and oxygen atoms in total. The van der Waals surface area contributed by atoms with Gasteiger partial charge in [0.1, 0.15) is 6.04 Å². The van der Waals surface area contributed by atoms with Crippen LogP contribution in [-0.2, 0) is 11.2 Å². The van der Waals surface area contributed by atoms with Crippen molar-refractivity contribution in [3.63, 3.8) is 0 Å². The van der Waals surface area contributed by atoms with Gasteiger partial charge in [0.2, 0.25) is 0 Å². The monoisotopic (exact) mass is 262 g/mol. The fraction of sp³-hybridized carbons (Fsp3) is 0.429. The van der Waals surface area contributed by atoms with Crippen LogP contribution in [0.3, 0.4) is 0 Å².